The van der Waals surface area contributed by atoms with E-state index >= 15 is 0 Å². The third kappa shape index (κ3) is 2.86. The maximum atomic E-state index is 12.2. The Balaban J connectivity index is 1.63. The Bertz CT molecular complexity index is 810. The lowest BCUT2D eigenvalue weighted by Crippen LogP contribution is -2.32. The Morgan fingerprint density at radius 1 is 1.08 bits per heavy atom. The Labute approximate surface area is 139 Å². The van der Waals surface area contributed by atoms with Gasteiger partial charge in [-0.15, -0.1) is 0 Å². The second kappa shape index (κ2) is 6.16. The molecule has 3 amide bonds. The largest absolute Gasteiger partial charge is 0.397 e. The van der Waals surface area contributed by atoms with E-state index in [9.17, 15) is 14.4 Å². The maximum absolute atomic E-state index is 12.2. The highest BCUT2D eigenvalue weighted by atomic mass is 16.2. The highest BCUT2D eigenvalue weighted by molar-refractivity contribution is 6.21. The van der Waals surface area contributed by atoms with Crippen LogP contribution in [0.1, 0.15) is 32.7 Å². The van der Waals surface area contributed by atoms with Gasteiger partial charge in [-0.1, -0.05) is 18.2 Å². The van der Waals surface area contributed by atoms with Crippen LogP contribution in [0.5, 0.6) is 0 Å². The summed E-state index contributed by atoms with van der Waals surface area (Å²) in [7, 11) is 0. The minimum atomic E-state index is -0.363. The van der Waals surface area contributed by atoms with Crippen molar-refractivity contribution in [2.24, 2.45) is 0 Å². The molecule has 24 heavy (non-hydrogen) atoms. The quantitative estimate of drug-likeness (QED) is 0.666. The lowest BCUT2D eigenvalue weighted by molar-refractivity contribution is -0.116. The number of amides is 3. The molecule has 0 saturated carbocycles. The lowest BCUT2D eigenvalue weighted by Gasteiger charge is -2.14. The average molecular weight is 323 g/mol. The smallest absolute Gasteiger partial charge is 0.261 e. The zero-order valence-corrected chi connectivity index (χ0v) is 13.2. The maximum Gasteiger partial charge on any atom is 0.261 e. The molecule has 0 unspecified atom stereocenters. The highest BCUT2D eigenvalue weighted by Crippen LogP contribution is 2.23. The molecule has 3 rings (SSSR count). The van der Waals surface area contributed by atoms with Gasteiger partial charge < -0.3 is 11.1 Å². The standard InChI is InChI=1S/C18H17N3O3/c1-11-6-7-15(14(19)10-11)20-16(22)8-9-21-17(23)12-4-2-3-5-13(12)18(21)24/h2-7,10H,8-9,19H2,1H3,(H,20,22). The van der Waals surface area contributed by atoms with E-state index in [1.165, 1.54) is 0 Å². The van der Waals surface area contributed by atoms with Gasteiger partial charge >= 0.3 is 0 Å². The zero-order valence-electron chi connectivity index (χ0n) is 13.2. The molecule has 0 fully saturated rings. The van der Waals surface area contributed by atoms with E-state index in [-0.39, 0.29) is 30.7 Å². The average Bonchev–Trinajstić information content (AvgIpc) is 2.80. The van der Waals surface area contributed by atoms with E-state index in [4.69, 9.17) is 5.73 Å². The van der Waals surface area contributed by atoms with Crippen molar-refractivity contribution in [2.45, 2.75) is 13.3 Å². The second-order valence-corrected chi connectivity index (χ2v) is 5.70. The first-order chi connectivity index (χ1) is 11.5. The van der Waals surface area contributed by atoms with Gasteiger partial charge in [0, 0.05) is 13.0 Å². The number of hydrogen-bond donors (Lipinski definition) is 2. The fraction of sp³-hybridized carbons (Fsp3) is 0.167. The Morgan fingerprint density at radius 3 is 2.29 bits per heavy atom. The number of nitrogens with two attached hydrogens (primary N) is 1. The van der Waals surface area contributed by atoms with E-state index in [1.54, 1.807) is 36.4 Å². The SMILES string of the molecule is Cc1ccc(NC(=O)CCN2C(=O)c3ccccc3C2=O)c(N)c1. The minimum Gasteiger partial charge on any atom is -0.397 e. The topological polar surface area (TPSA) is 92.5 Å². The van der Waals surface area contributed by atoms with Gasteiger partial charge in [-0.05, 0) is 36.8 Å². The van der Waals surface area contributed by atoms with Crippen LogP contribution in [0.15, 0.2) is 42.5 Å². The molecule has 1 aliphatic rings. The van der Waals surface area contributed by atoms with Crippen LogP contribution >= 0.6 is 0 Å². The third-order valence-corrected chi connectivity index (χ3v) is 3.92. The van der Waals surface area contributed by atoms with E-state index in [0.29, 0.717) is 22.5 Å². The third-order valence-electron chi connectivity index (χ3n) is 3.92. The molecule has 0 aromatic heterocycles. The monoisotopic (exact) mass is 323 g/mol. The molecule has 0 saturated heterocycles. The second-order valence-electron chi connectivity index (χ2n) is 5.70. The number of carbonyl (C=O) groups excluding carboxylic acids is 3. The number of hydrogen-bond acceptors (Lipinski definition) is 4. The Morgan fingerprint density at radius 2 is 1.71 bits per heavy atom. The van der Waals surface area contributed by atoms with E-state index in [0.717, 1.165) is 10.5 Å². The zero-order chi connectivity index (χ0) is 17.3. The van der Waals surface area contributed by atoms with E-state index in [1.807, 2.05) is 13.0 Å². The summed E-state index contributed by atoms with van der Waals surface area (Å²) in [5.41, 5.74) is 8.61. The molecular formula is C18H17N3O3. The Kier molecular flexibility index (Phi) is 4.04. The number of carbonyl (C=O) groups is 3. The molecule has 0 radical (unpaired) electrons. The van der Waals surface area contributed by atoms with Crippen LogP contribution in [0, 0.1) is 6.92 Å². The number of fused-ring (bicyclic) bond motifs is 1. The number of nitrogens with zero attached hydrogens (tertiary/aromatic N) is 1. The van der Waals surface area contributed by atoms with Crippen molar-refractivity contribution in [1.82, 2.24) is 4.90 Å². The molecule has 0 spiro atoms. The summed E-state index contributed by atoms with van der Waals surface area (Å²) in [5.74, 6) is -1.03. The van der Waals surface area contributed by atoms with Gasteiger partial charge in [0.25, 0.3) is 11.8 Å². The van der Waals surface area contributed by atoms with Gasteiger partial charge in [0.05, 0.1) is 22.5 Å². The fourth-order valence-electron chi connectivity index (χ4n) is 2.66. The first-order valence-electron chi connectivity index (χ1n) is 7.58. The van der Waals surface area contributed by atoms with Gasteiger partial charge in [0.2, 0.25) is 5.91 Å². The predicted octanol–water partition coefficient (Wildman–Crippen LogP) is 2.20. The molecule has 6 nitrogen and oxygen atoms in total. The van der Waals surface area contributed by atoms with Gasteiger partial charge in [-0.25, -0.2) is 0 Å². The van der Waals surface area contributed by atoms with Crippen molar-refractivity contribution in [3.63, 3.8) is 0 Å². The summed E-state index contributed by atoms with van der Waals surface area (Å²) >= 11 is 0. The first-order valence-corrected chi connectivity index (χ1v) is 7.58. The number of benzene rings is 2. The number of imide groups is 1. The summed E-state index contributed by atoms with van der Waals surface area (Å²) in [4.78, 5) is 37.6. The van der Waals surface area contributed by atoms with Crippen LogP contribution in [0.4, 0.5) is 11.4 Å². The van der Waals surface area contributed by atoms with Crippen LogP contribution in [-0.4, -0.2) is 29.2 Å². The molecule has 0 aliphatic carbocycles. The normalized spacial score (nSPS) is 13.1. The number of nitrogens with one attached hydrogen (secondary N) is 1. The van der Waals surface area contributed by atoms with Gasteiger partial charge in [0.1, 0.15) is 0 Å². The summed E-state index contributed by atoms with van der Waals surface area (Å²) in [6, 6.07) is 12.0. The van der Waals surface area contributed by atoms with Crippen molar-refractivity contribution < 1.29 is 14.4 Å². The Hall–Kier alpha value is -3.15. The van der Waals surface area contributed by atoms with Crippen molar-refractivity contribution in [3.05, 3.63) is 59.2 Å². The van der Waals surface area contributed by atoms with Crippen molar-refractivity contribution in [3.8, 4) is 0 Å². The minimum absolute atomic E-state index is 0.0127. The molecule has 6 heteroatoms. The summed E-state index contributed by atoms with van der Waals surface area (Å²) in [6.07, 6.45) is 0.0127. The van der Waals surface area contributed by atoms with Crippen molar-refractivity contribution >= 4 is 29.1 Å². The highest BCUT2D eigenvalue weighted by Gasteiger charge is 2.34. The molecule has 0 bridgehead atoms. The molecule has 1 aliphatic heterocycles. The van der Waals surface area contributed by atoms with Gasteiger partial charge in [-0.2, -0.15) is 0 Å². The van der Waals surface area contributed by atoms with Crippen LogP contribution in [0.3, 0.4) is 0 Å². The molecule has 0 atom stereocenters. The molecule has 1 heterocycles. The summed E-state index contributed by atoms with van der Waals surface area (Å²) in [5, 5.41) is 2.70. The summed E-state index contributed by atoms with van der Waals surface area (Å²) in [6.45, 7) is 1.94. The lowest BCUT2D eigenvalue weighted by atomic mass is 10.1. The van der Waals surface area contributed by atoms with Crippen molar-refractivity contribution in [2.75, 3.05) is 17.6 Å². The molecular weight excluding hydrogens is 306 g/mol. The molecule has 122 valence electrons. The number of aryl methyl sites for hydroxylation is 1. The number of rotatable bonds is 4. The fourth-order valence-corrected chi connectivity index (χ4v) is 2.66. The number of nitrogen functional groups attached to an aromatic ring is 1. The molecule has 2 aromatic carbocycles. The molecule has 3 N–H and O–H groups in total. The molecule has 2 aromatic rings. The van der Waals surface area contributed by atoms with Gasteiger partial charge in [0.15, 0.2) is 0 Å². The predicted molar refractivity (Wildman–Crippen MR) is 90.6 cm³/mol. The van der Waals surface area contributed by atoms with Crippen LogP contribution < -0.4 is 11.1 Å². The first kappa shape index (κ1) is 15.7. The van der Waals surface area contributed by atoms with Crippen LogP contribution in [0.2, 0.25) is 0 Å². The number of anilines is 2. The van der Waals surface area contributed by atoms with Crippen LogP contribution in [-0.2, 0) is 4.79 Å². The summed E-state index contributed by atoms with van der Waals surface area (Å²) < 4.78 is 0. The van der Waals surface area contributed by atoms with Gasteiger partial charge in [-0.3, -0.25) is 19.3 Å². The van der Waals surface area contributed by atoms with E-state index < -0.39 is 0 Å². The van der Waals surface area contributed by atoms with E-state index in [2.05, 4.69) is 5.32 Å². The van der Waals surface area contributed by atoms with Crippen LogP contribution in [0.25, 0.3) is 0 Å². The van der Waals surface area contributed by atoms with Crippen molar-refractivity contribution in [1.29, 1.82) is 0 Å².